The minimum absolute atomic E-state index is 0.0938. The van der Waals surface area contributed by atoms with E-state index < -0.39 is 5.82 Å². The monoisotopic (exact) mass is 272 g/mol. The molecular weight excluding hydrogens is 259 g/mol. The molecule has 0 amide bonds. The zero-order valence-electron chi connectivity index (χ0n) is 10.7. The van der Waals surface area contributed by atoms with Crippen molar-refractivity contribution in [3.05, 3.63) is 59.4 Å². The van der Waals surface area contributed by atoms with Crippen LogP contribution in [0.3, 0.4) is 0 Å². The molecule has 20 heavy (non-hydrogen) atoms. The molecule has 3 rings (SSSR count). The Balaban J connectivity index is 1.70. The van der Waals surface area contributed by atoms with Crippen molar-refractivity contribution in [1.82, 2.24) is 0 Å². The number of carbonyl (C=O) groups is 1. The van der Waals surface area contributed by atoms with Gasteiger partial charge in [-0.3, -0.25) is 4.79 Å². The van der Waals surface area contributed by atoms with E-state index in [9.17, 15) is 9.18 Å². The fraction of sp³-hybridized carbons (Fsp3) is 0.188. The Kier molecular flexibility index (Phi) is 3.37. The topological polar surface area (TPSA) is 35.5 Å². The van der Waals surface area contributed by atoms with Gasteiger partial charge in [0, 0.05) is 11.1 Å². The summed E-state index contributed by atoms with van der Waals surface area (Å²) in [6.45, 7) is 0.877. The molecule has 102 valence electrons. The maximum atomic E-state index is 13.7. The number of rotatable bonds is 4. The first-order valence-electron chi connectivity index (χ1n) is 6.37. The van der Waals surface area contributed by atoms with Crippen LogP contribution in [0.5, 0.6) is 11.5 Å². The number of aldehydes is 1. The van der Waals surface area contributed by atoms with Gasteiger partial charge < -0.3 is 9.47 Å². The summed E-state index contributed by atoms with van der Waals surface area (Å²) in [6.07, 6.45) is 0.605. The molecule has 0 saturated heterocycles. The minimum Gasteiger partial charge on any atom is -0.493 e. The molecule has 1 aliphatic rings. The van der Waals surface area contributed by atoms with Gasteiger partial charge >= 0.3 is 0 Å². The van der Waals surface area contributed by atoms with E-state index in [1.165, 1.54) is 18.2 Å². The second-order valence-corrected chi connectivity index (χ2v) is 4.66. The molecule has 2 aromatic carbocycles. The van der Waals surface area contributed by atoms with Gasteiger partial charge in [-0.1, -0.05) is 18.2 Å². The Bertz CT molecular complexity index is 639. The van der Waals surface area contributed by atoms with Crippen molar-refractivity contribution in [2.24, 2.45) is 0 Å². The molecule has 0 radical (unpaired) electrons. The van der Waals surface area contributed by atoms with Crippen molar-refractivity contribution < 1.29 is 18.7 Å². The Morgan fingerprint density at radius 1 is 1.30 bits per heavy atom. The number of hydrogen-bond donors (Lipinski definition) is 0. The summed E-state index contributed by atoms with van der Waals surface area (Å²) in [6, 6.07) is 11.9. The molecule has 3 nitrogen and oxygen atoms in total. The third-order valence-corrected chi connectivity index (χ3v) is 3.33. The van der Waals surface area contributed by atoms with Crippen LogP contribution in [-0.4, -0.2) is 19.5 Å². The normalized spacial score (nSPS) is 16.4. The van der Waals surface area contributed by atoms with Gasteiger partial charge in [-0.2, -0.15) is 0 Å². The van der Waals surface area contributed by atoms with Crippen LogP contribution < -0.4 is 9.47 Å². The standard InChI is InChI=1S/C16H13FO3/c17-14-7-11(8-18)5-6-16(14)20-10-12-9-19-15-4-2-1-3-13(12)15/h1-8,12H,9-10H2. The fourth-order valence-electron chi connectivity index (χ4n) is 2.27. The molecule has 0 bridgehead atoms. The van der Waals surface area contributed by atoms with Crippen LogP contribution in [0.1, 0.15) is 21.8 Å². The van der Waals surface area contributed by atoms with Crippen molar-refractivity contribution in [2.45, 2.75) is 5.92 Å². The molecule has 0 aromatic heterocycles. The number of para-hydroxylation sites is 1. The van der Waals surface area contributed by atoms with Gasteiger partial charge in [0.25, 0.3) is 0 Å². The van der Waals surface area contributed by atoms with Crippen molar-refractivity contribution >= 4 is 6.29 Å². The summed E-state index contributed by atoms with van der Waals surface area (Å²) in [4.78, 5) is 10.6. The third-order valence-electron chi connectivity index (χ3n) is 3.33. The molecule has 1 atom stereocenters. The van der Waals surface area contributed by atoms with Gasteiger partial charge in [0.05, 0.1) is 19.1 Å². The Hall–Kier alpha value is -2.36. The molecule has 1 unspecified atom stereocenters. The molecule has 0 N–H and O–H groups in total. The minimum atomic E-state index is -0.526. The third kappa shape index (κ3) is 2.37. The SMILES string of the molecule is O=Cc1ccc(OCC2COc3ccccc32)c(F)c1. The molecule has 0 fully saturated rings. The summed E-state index contributed by atoms with van der Waals surface area (Å²) in [5.74, 6) is 0.580. The number of hydrogen-bond acceptors (Lipinski definition) is 3. The van der Waals surface area contributed by atoms with Crippen LogP contribution >= 0.6 is 0 Å². The van der Waals surface area contributed by atoms with Gasteiger partial charge in [-0.15, -0.1) is 0 Å². The lowest BCUT2D eigenvalue weighted by Crippen LogP contribution is -2.12. The van der Waals surface area contributed by atoms with E-state index in [4.69, 9.17) is 9.47 Å². The largest absolute Gasteiger partial charge is 0.493 e. The Labute approximate surface area is 115 Å². The summed E-state index contributed by atoms with van der Waals surface area (Å²) < 4.78 is 24.7. The highest BCUT2D eigenvalue weighted by atomic mass is 19.1. The van der Waals surface area contributed by atoms with Gasteiger partial charge in [0.2, 0.25) is 0 Å². The van der Waals surface area contributed by atoms with Gasteiger partial charge in [-0.05, 0) is 24.3 Å². The van der Waals surface area contributed by atoms with Crippen molar-refractivity contribution in [3.63, 3.8) is 0 Å². The smallest absolute Gasteiger partial charge is 0.165 e. The van der Waals surface area contributed by atoms with E-state index in [1.54, 1.807) is 0 Å². The van der Waals surface area contributed by atoms with Crippen LogP contribution in [0.25, 0.3) is 0 Å². The molecule has 0 spiro atoms. The molecule has 0 saturated carbocycles. The predicted octanol–water partition coefficient (Wildman–Crippen LogP) is 3.19. The molecule has 2 aromatic rings. The van der Waals surface area contributed by atoms with Crippen molar-refractivity contribution in [1.29, 1.82) is 0 Å². The fourth-order valence-corrected chi connectivity index (χ4v) is 2.27. The average Bonchev–Trinajstić information content (AvgIpc) is 2.89. The number of benzene rings is 2. The first-order valence-corrected chi connectivity index (χ1v) is 6.37. The maximum absolute atomic E-state index is 13.7. The molecule has 1 aliphatic heterocycles. The first-order chi connectivity index (χ1) is 9.78. The molecular formula is C16H13FO3. The van der Waals surface area contributed by atoms with Gasteiger partial charge in [-0.25, -0.2) is 4.39 Å². The highest BCUT2D eigenvalue weighted by Crippen LogP contribution is 2.34. The van der Waals surface area contributed by atoms with Crippen LogP contribution in [0.4, 0.5) is 4.39 Å². The lowest BCUT2D eigenvalue weighted by Gasteiger charge is -2.12. The summed E-state index contributed by atoms with van der Waals surface area (Å²) in [7, 11) is 0. The second-order valence-electron chi connectivity index (χ2n) is 4.66. The van der Waals surface area contributed by atoms with Crippen LogP contribution in [0.2, 0.25) is 0 Å². The second kappa shape index (κ2) is 5.33. The van der Waals surface area contributed by atoms with E-state index in [0.29, 0.717) is 25.1 Å². The Morgan fingerprint density at radius 3 is 2.95 bits per heavy atom. The van der Waals surface area contributed by atoms with Gasteiger partial charge in [0.1, 0.15) is 12.0 Å². The number of halogens is 1. The zero-order chi connectivity index (χ0) is 13.9. The quantitative estimate of drug-likeness (QED) is 0.802. The zero-order valence-corrected chi connectivity index (χ0v) is 10.7. The Morgan fingerprint density at radius 2 is 2.15 bits per heavy atom. The lowest BCUT2D eigenvalue weighted by molar-refractivity contribution is 0.112. The molecule has 0 aliphatic carbocycles. The lowest BCUT2D eigenvalue weighted by atomic mass is 10.0. The van der Waals surface area contributed by atoms with Gasteiger partial charge in [0.15, 0.2) is 11.6 Å². The van der Waals surface area contributed by atoms with E-state index in [1.807, 2.05) is 24.3 Å². The van der Waals surface area contributed by atoms with Crippen LogP contribution in [0, 0.1) is 5.82 Å². The highest BCUT2D eigenvalue weighted by Gasteiger charge is 2.24. The van der Waals surface area contributed by atoms with Crippen LogP contribution in [-0.2, 0) is 0 Å². The summed E-state index contributed by atoms with van der Waals surface area (Å²) in [5, 5.41) is 0. The van der Waals surface area contributed by atoms with E-state index in [-0.39, 0.29) is 11.7 Å². The van der Waals surface area contributed by atoms with E-state index in [2.05, 4.69) is 0 Å². The number of fused-ring (bicyclic) bond motifs is 1. The first kappa shape index (κ1) is 12.7. The van der Waals surface area contributed by atoms with E-state index >= 15 is 0 Å². The van der Waals surface area contributed by atoms with Crippen LogP contribution in [0.15, 0.2) is 42.5 Å². The maximum Gasteiger partial charge on any atom is 0.165 e. The summed E-state index contributed by atoms with van der Waals surface area (Å²) >= 11 is 0. The summed E-state index contributed by atoms with van der Waals surface area (Å²) in [5.41, 5.74) is 1.38. The average molecular weight is 272 g/mol. The van der Waals surface area contributed by atoms with E-state index in [0.717, 1.165) is 11.3 Å². The number of carbonyl (C=O) groups excluding carboxylic acids is 1. The number of ether oxygens (including phenoxy) is 2. The highest BCUT2D eigenvalue weighted by molar-refractivity contribution is 5.74. The van der Waals surface area contributed by atoms with Crippen molar-refractivity contribution in [3.8, 4) is 11.5 Å². The molecule has 4 heteroatoms. The van der Waals surface area contributed by atoms with Crippen molar-refractivity contribution in [2.75, 3.05) is 13.2 Å². The molecule has 1 heterocycles. The predicted molar refractivity (Wildman–Crippen MR) is 72.0 cm³/mol.